The summed E-state index contributed by atoms with van der Waals surface area (Å²) < 4.78 is 51.2. The Labute approximate surface area is 181 Å². The van der Waals surface area contributed by atoms with Gasteiger partial charge >= 0.3 is 6.18 Å². The molecule has 1 atom stereocenters. The van der Waals surface area contributed by atoms with Gasteiger partial charge in [0.1, 0.15) is 23.3 Å². The highest BCUT2D eigenvalue weighted by atomic mass is 35.5. The number of hydrogen-bond acceptors (Lipinski definition) is 3. The van der Waals surface area contributed by atoms with Crippen LogP contribution in [0.3, 0.4) is 0 Å². The molecule has 1 heterocycles. The SMILES string of the molecule is CC(Oc1ccc2c(c1)OC(C)(C)C=C2Cc1cccc(C(F)(F)F)c1)N(C)C.Cl. The van der Waals surface area contributed by atoms with E-state index in [9.17, 15) is 13.2 Å². The number of benzene rings is 2. The largest absolute Gasteiger partial charge is 0.483 e. The highest BCUT2D eigenvalue weighted by molar-refractivity contribution is 5.85. The van der Waals surface area contributed by atoms with Crippen LogP contribution in [0, 0.1) is 0 Å². The molecule has 0 spiro atoms. The summed E-state index contributed by atoms with van der Waals surface area (Å²) in [6.45, 7) is 5.80. The smallest absolute Gasteiger partial charge is 0.416 e. The van der Waals surface area contributed by atoms with Gasteiger partial charge in [0.25, 0.3) is 0 Å². The van der Waals surface area contributed by atoms with Gasteiger partial charge in [0.2, 0.25) is 0 Å². The monoisotopic (exact) mass is 441 g/mol. The Hall–Kier alpha value is -2.18. The molecule has 0 aliphatic carbocycles. The van der Waals surface area contributed by atoms with Gasteiger partial charge in [0, 0.05) is 11.6 Å². The predicted molar refractivity (Wildman–Crippen MR) is 115 cm³/mol. The van der Waals surface area contributed by atoms with Crippen LogP contribution in [0.4, 0.5) is 13.2 Å². The summed E-state index contributed by atoms with van der Waals surface area (Å²) in [5, 5.41) is 0. The lowest BCUT2D eigenvalue weighted by Crippen LogP contribution is -2.31. The van der Waals surface area contributed by atoms with Crippen molar-refractivity contribution in [3.63, 3.8) is 0 Å². The van der Waals surface area contributed by atoms with Gasteiger partial charge in [-0.15, -0.1) is 12.4 Å². The number of rotatable bonds is 5. The highest BCUT2D eigenvalue weighted by Gasteiger charge is 2.31. The van der Waals surface area contributed by atoms with Gasteiger partial charge in [-0.1, -0.05) is 18.2 Å². The zero-order valence-electron chi connectivity index (χ0n) is 17.7. The number of allylic oxidation sites excluding steroid dienone is 1. The molecule has 0 saturated heterocycles. The van der Waals surface area contributed by atoms with Crippen molar-refractivity contribution in [2.75, 3.05) is 14.1 Å². The van der Waals surface area contributed by atoms with Crippen LogP contribution in [0.2, 0.25) is 0 Å². The van der Waals surface area contributed by atoms with Crippen molar-refractivity contribution in [1.29, 1.82) is 0 Å². The molecule has 0 bridgehead atoms. The molecule has 7 heteroatoms. The molecule has 1 aliphatic rings. The number of fused-ring (bicyclic) bond motifs is 1. The summed E-state index contributed by atoms with van der Waals surface area (Å²) in [7, 11) is 3.86. The zero-order valence-corrected chi connectivity index (χ0v) is 18.5. The topological polar surface area (TPSA) is 21.7 Å². The summed E-state index contributed by atoms with van der Waals surface area (Å²) >= 11 is 0. The lowest BCUT2D eigenvalue weighted by atomic mass is 9.90. The molecule has 0 saturated carbocycles. The minimum absolute atomic E-state index is 0. The van der Waals surface area contributed by atoms with E-state index in [0.717, 1.165) is 17.2 Å². The van der Waals surface area contributed by atoms with E-state index in [-0.39, 0.29) is 18.6 Å². The van der Waals surface area contributed by atoms with Crippen molar-refractivity contribution in [2.45, 2.75) is 45.2 Å². The van der Waals surface area contributed by atoms with Gasteiger partial charge < -0.3 is 9.47 Å². The second-order valence-electron chi connectivity index (χ2n) is 8.09. The molecule has 0 fully saturated rings. The van der Waals surface area contributed by atoms with Crippen LogP contribution in [-0.2, 0) is 12.6 Å². The molecule has 0 amide bonds. The Balaban J connectivity index is 0.00000320. The van der Waals surface area contributed by atoms with Gasteiger partial charge in [-0.05, 0) is 76.7 Å². The first-order valence-corrected chi connectivity index (χ1v) is 9.49. The Kier molecular flexibility index (Phi) is 7.15. The van der Waals surface area contributed by atoms with E-state index in [1.54, 1.807) is 6.07 Å². The molecular formula is C23H27ClF3NO2. The molecule has 0 N–H and O–H groups in total. The second kappa shape index (κ2) is 8.90. The number of nitrogens with zero attached hydrogens (tertiary/aromatic N) is 1. The van der Waals surface area contributed by atoms with Crippen molar-refractivity contribution >= 4 is 18.0 Å². The summed E-state index contributed by atoms with van der Waals surface area (Å²) in [4.78, 5) is 1.95. The molecular weight excluding hydrogens is 415 g/mol. The van der Waals surface area contributed by atoms with Crippen molar-refractivity contribution < 1.29 is 22.6 Å². The van der Waals surface area contributed by atoms with Crippen LogP contribution in [0.15, 0.2) is 48.5 Å². The molecule has 0 radical (unpaired) electrons. The Morgan fingerprint density at radius 2 is 1.80 bits per heavy atom. The van der Waals surface area contributed by atoms with E-state index in [1.165, 1.54) is 12.1 Å². The van der Waals surface area contributed by atoms with Gasteiger partial charge in [0.15, 0.2) is 0 Å². The third-order valence-corrected chi connectivity index (χ3v) is 4.88. The van der Waals surface area contributed by atoms with Gasteiger partial charge in [-0.3, -0.25) is 4.90 Å². The Bertz CT molecular complexity index is 923. The molecule has 164 valence electrons. The average Bonchev–Trinajstić information content (AvgIpc) is 2.60. The van der Waals surface area contributed by atoms with E-state index in [1.807, 2.05) is 64.0 Å². The fourth-order valence-corrected chi connectivity index (χ4v) is 3.26. The molecule has 2 aromatic rings. The lowest BCUT2D eigenvalue weighted by molar-refractivity contribution is -0.137. The van der Waals surface area contributed by atoms with Crippen molar-refractivity contribution in [1.82, 2.24) is 4.90 Å². The van der Waals surface area contributed by atoms with E-state index >= 15 is 0 Å². The molecule has 1 aliphatic heterocycles. The standard InChI is InChI=1S/C23H26F3NO2.ClH/c1-15(27(4)5)28-19-9-10-20-17(14-22(2,3)29-21(20)13-19)11-16-7-6-8-18(12-16)23(24,25)26;/h6-10,12-15H,11H2,1-5H3;1H. The average molecular weight is 442 g/mol. The molecule has 2 aromatic carbocycles. The third-order valence-electron chi connectivity index (χ3n) is 4.88. The summed E-state index contributed by atoms with van der Waals surface area (Å²) in [5.74, 6) is 1.35. The van der Waals surface area contributed by atoms with Gasteiger partial charge in [-0.25, -0.2) is 0 Å². The quantitative estimate of drug-likeness (QED) is 0.515. The van der Waals surface area contributed by atoms with Crippen LogP contribution in [0.25, 0.3) is 5.57 Å². The maximum absolute atomic E-state index is 13.1. The molecule has 0 aromatic heterocycles. The summed E-state index contributed by atoms with van der Waals surface area (Å²) in [6.07, 6.45) is -2.10. The van der Waals surface area contributed by atoms with Crippen LogP contribution in [0.5, 0.6) is 11.5 Å². The first-order chi connectivity index (χ1) is 13.4. The zero-order chi connectivity index (χ0) is 21.4. The summed E-state index contributed by atoms with van der Waals surface area (Å²) in [5.41, 5.74) is 1.20. The van der Waals surface area contributed by atoms with Crippen LogP contribution < -0.4 is 9.47 Å². The van der Waals surface area contributed by atoms with Gasteiger partial charge in [-0.2, -0.15) is 13.2 Å². The van der Waals surface area contributed by atoms with Gasteiger partial charge in [0.05, 0.1) is 5.56 Å². The minimum atomic E-state index is -4.35. The van der Waals surface area contributed by atoms with E-state index in [2.05, 4.69) is 0 Å². The molecule has 3 nitrogen and oxygen atoms in total. The fourth-order valence-electron chi connectivity index (χ4n) is 3.26. The lowest BCUT2D eigenvalue weighted by Gasteiger charge is -2.32. The fraction of sp³-hybridized carbons (Fsp3) is 0.391. The van der Waals surface area contributed by atoms with E-state index < -0.39 is 17.3 Å². The number of ether oxygens (including phenoxy) is 2. The summed E-state index contributed by atoms with van der Waals surface area (Å²) in [6, 6.07) is 11.1. The van der Waals surface area contributed by atoms with Crippen LogP contribution >= 0.6 is 12.4 Å². The number of hydrogen-bond donors (Lipinski definition) is 0. The van der Waals surface area contributed by atoms with E-state index in [4.69, 9.17) is 9.47 Å². The van der Waals surface area contributed by atoms with Crippen LogP contribution in [-0.4, -0.2) is 30.8 Å². The van der Waals surface area contributed by atoms with Crippen molar-refractivity contribution in [3.8, 4) is 11.5 Å². The van der Waals surface area contributed by atoms with Crippen molar-refractivity contribution in [3.05, 3.63) is 65.2 Å². The van der Waals surface area contributed by atoms with Crippen molar-refractivity contribution in [2.24, 2.45) is 0 Å². The Morgan fingerprint density at radius 1 is 1.10 bits per heavy atom. The molecule has 30 heavy (non-hydrogen) atoms. The number of alkyl halides is 3. The molecule has 1 unspecified atom stereocenters. The maximum Gasteiger partial charge on any atom is 0.416 e. The second-order valence-corrected chi connectivity index (χ2v) is 8.09. The Morgan fingerprint density at radius 3 is 2.43 bits per heavy atom. The first kappa shape index (κ1) is 24.1. The minimum Gasteiger partial charge on any atom is -0.483 e. The number of halogens is 4. The highest BCUT2D eigenvalue weighted by Crippen LogP contribution is 2.40. The predicted octanol–water partition coefficient (Wildman–Crippen LogP) is 6.21. The normalized spacial score (nSPS) is 16.1. The molecule has 3 rings (SSSR count). The first-order valence-electron chi connectivity index (χ1n) is 9.49. The third kappa shape index (κ3) is 5.70. The van der Waals surface area contributed by atoms with Crippen LogP contribution in [0.1, 0.15) is 37.5 Å². The van der Waals surface area contributed by atoms with E-state index in [0.29, 0.717) is 23.5 Å². The maximum atomic E-state index is 13.1.